The van der Waals surface area contributed by atoms with E-state index in [4.69, 9.17) is 11.6 Å². The maximum absolute atomic E-state index is 13.1. The lowest BCUT2D eigenvalue weighted by Crippen LogP contribution is -2.10. The van der Waals surface area contributed by atoms with E-state index in [1.807, 2.05) is 0 Å². The highest BCUT2D eigenvalue weighted by atomic mass is 35.5. The Labute approximate surface area is 123 Å². The molecule has 7 heteroatoms. The standard InChI is InChI=1S/C13H11ClF2N2OS/c14-5-1-2-12(19)18-13-17-11(7-20-13)8-3-4-9(15)10(16)6-8/h3-4,6-7H,1-2,5H2,(H,17,18,19). The number of nitrogens with zero attached hydrogens (tertiary/aromatic N) is 1. The van der Waals surface area contributed by atoms with Crippen molar-refractivity contribution in [3.8, 4) is 11.3 Å². The molecule has 0 unspecified atom stereocenters. The lowest BCUT2D eigenvalue weighted by molar-refractivity contribution is -0.116. The molecule has 0 saturated heterocycles. The first kappa shape index (κ1) is 14.9. The van der Waals surface area contributed by atoms with Crippen molar-refractivity contribution in [2.75, 3.05) is 11.2 Å². The van der Waals surface area contributed by atoms with Crippen molar-refractivity contribution < 1.29 is 13.6 Å². The maximum atomic E-state index is 13.1. The number of rotatable bonds is 5. The third-order valence-corrected chi connectivity index (χ3v) is 3.53. The van der Waals surface area contributed by atoms with Crippen LogP contribution in [0.1, 0.15) is 12.8 Å². The monoisotopic (exact) mass is 316 g/mol. The molecule has 1 amide bonds. The Morgan fingerprint density at radius 3 is 2.85 bits per heavy atom. The predicted octanol–water partition coefficient (Wildman–Crippen LogP) is 4.05. The highest BCUT2D eigenvalue weighted by Gasteiger charge is 2.10. The number of nitrogens with one attached hydrogen (secondary N) is 1. The Balaban J connectivity index is 2.08. The number of benzene rings is 1. The van der Waals surface area contributed by atoms with E-state index in [0.717, 1.165) is 12.1 Å². The molecule has 0 saturated carbocycles. The van der Waals surface area contributed by atoms with E-state index in [0.29, 0.717) is 35.1 Å². The van der Waals surface area contributed by atoms with Crippen molar-refractivity contribution in [1.82, 2.24) is 4.98 Å². The van der Waals surface area contributed by atoms with E-state index in [1.54, 1.807) is 5.38 Å². The summed E-state index contributed by atoms with van der Waals surface area (Å²) in [7, 11) is 0. The smallest absolute Gasteiger partial charge is 0.226 e. The summed E-state index contributed by atoms with van der Waals surface area (Å²) in [6.07, 6.45) is 0.915. The van der Waals surface area contributed by atoms with Crippen LogP contribution in [-0.2, 0) is 4.79 Å². The Morgan fingerprint density at radius 1 is 1.35 bits per heavy atom. The van der Waals surface area contributed by atoms with Gasteiger partial charge in [-0.05, 0) is 24.6 Å². The molecule has 0 aliphatic rings. The van der Waals surface area contributed by atoms with E-state index >= 15 is 0 Å². The van der Waals surface area contributed by atoms with Crippen LogP contribution in [-0.4, -0.2) is 16.8 Å². The number of halogens is 3. The summed E-state index contributed by atoms with van der Waals surface area (Å²) in [5.41, 5.74) is 0.947. The second-order valence-electron chi connectivity index (χ2n) is 4.01. The molecule has 0 spiro atoms. The zero-order chi connectivity index (χ0) is 14.5. The fourth-order valence-corrected chi connectivity index (χ4v) is 2.40. The molecular weight excluding hydrogens is 306 g/mol. The molecule has 20 heavy (non-hydrogen) atoms. The number of carbonyl (C=O) groups is 1. The van der Waals surface area contributed by atoms with Crippen molar-refractivity contribution in [3.63, 3.8) is 0 Å². The Bertz CT molecular complexity index is 618. The second kappa shape index (κ2) is 6.76. The molecule has 0 aliphatic carbocycles. The van der Waals surface area contributed by atoms with E-state index in [2.05, 4.69) is 10.3 Å². The number of anilines is 1. The summed E-state index contributed by atoms with van der Waals surface area (Å²) < 4.78 is 26.0. The summed E-state index contributed by atoms with van der Waals surface area (Å²) >= 11 is 6.73. The summed E-state index contributed by atoms with van der Waals surface area (Å²) in [5, 5.41) is 4.73. The normalized spacial score (nSPS) is 10.6. The van der Waals surface area contributed by atoms with Gasteiger partial charge in [0.1, 0.15) is 0 Å². The Kier molecular flexibility index (Phi) is 5.03. The molecule has 1 aromatic heterocycles. The highest BCUT2D eigenvalue weighted by molar-refractivity contribution is 7.14. The molecule has 0 radical (unpaired) electrons. The lowest BCUT2D eigenvalue weighted by Gasteiger charge is -2.00. The number of hydrogen-bond acceptors (Lipinski definition) is 3. The molecule has 0 fully saturated rings. The van der Waals surface area contributed by atoms with Gasteiger partial charge in [-0.25, -0.2) is 13.8 Å². The van der Waals surface area contributed by atoms with E-state index in [1.165, 1.54) is 17.4 Å². The second-order valence-corrected chi connectivity index (χ2v) is 5.24. The molecule has 0 atom stereocenters. The lowest BCUT2D eigenvalue weighted by atomic mass is 10.2. The quantitative estimate of drug-likeness (QED) is 0.846. The van der Waals surface area contributed by atoms with Crippen LogP contribution in [0, 0.1) is 11.6 Å². The average Bonchev–Trinajstić information content (AvgIpc) is 2.88. The van der Waals surface area contributed by atoms with E-state index in [9.17, 15) is 13.6 Å². The van der Waals surface area contributed by atoms with Gasteiger partial charge in [-0.3, -0.25) is 4.79 Å². The molecule has 0 bridgehead atoms. The Hall–Kier alpha value is -1.53. The first-order chi connectivity index (χ1) is 9.60. The van der Waals surface area contributed by atoms with Gasteiger partial charge in [0, 0.05) is 23.2 Å². The van der Waals surface area contributed by atoms with Gasteiger partial charge in [0.05, 0.1) is 5.69 Å². The fourth-order valence-electron chi connectivity index (χ4n) is 1.53. The molecule has 2 rings (SSSR count). The van der Waals surface area contributed by atoms with Gasteiger partial charge in [-0.2, -0.15) is 0 Å². The van der Waals surface area contributed by atoms with Gasteiger partial charge >= 0.3 is 0 Å². The molecular formula is C13H11ClF2N2OS. The number of hydrogen-bond donors (Lipinski definition) is 1. The minimum Gasteiger partial charge on any atom is -0.302 e. The third-order valence-electron chi connectivity index (χ3n) is 2.50. The van der Waals surface area contributed by atoms with Crippen LogP contribution in [0.25, 0.3) is 11.3 Å². The molecule has 1 N–H and O–H groups in total. The highest BCUT2D eigenvalue weighted by Crippen LogP contribution is 2.26. The van der Waals surface area contributed by atoms with Gasteiger partial charge in [0.25, 0.3) is 0 Å². The summed E-state index contributed by atoms with van der Waals surface area (Å²) in [4.78, 5) is 15.7. The predicted molar refractivity (Wildman–Crippen MR) is 76.0 cm³/mol. The molecule has 0 aliphatic heterocycles. The number of alkyl halides is 1. The van der Waals surface area contributed by atoms with Crippen molar-refractivity contribution in [2.45, 2.75) is 12.8 Å². The van der Waals surface area contributed by atoms with Gasteiger partial charge < -0.3 is 5.32 Å². The van der Waals surface area contributed by atoms with E-state index in [-0.39, 0.29) is 5.91 Å². The van der Waals surface area contributed by atoms with Gasteiger partial charge in [0.2, 0.25) is 5.91 Å². The average molecular weight is 317 g/mol. The largest absolute Gasteiger partial charge is 0.302 e. The first-order valence-electron chi connectivity index (χ1n) is 5.87. The third kappa shape index (κ3) is 3.74. The number of carbonyl (C=O) groups excluding carboxylic acids is 1. The minimum absolute atomic E-state index is 0.170. The zero-order valence-corrected chi connectivity index (χ0v) is 11.9. The summed E-state index contributed by atoms with van der Waals surface area (Å²) in [6.45, 7) is 0. The molecule has 1 aromatic carbocycles. The molecule has 106 valence electrons. The van der Waals surface area contributed by atoms with Crippen LogP contribution < -0.4 is 5.32 Å². The summed E-state index contributed by atoms with van der Waals surface area (Å²) in [5.74, 6) is -1.58. The van der Waals surface area contributed by atoms with Crippen LogP contribution >= 0.6 is 22.9 Å². The van der Waals surface area contributed by atoms with Crippen LogP contribution in [0.5, 0.6) is 0 Å². The molecule has 3 nitrogen and oxygen atoms in total. The first-order valence-corrected chi connectivity index (χ1v) is 7.28. The van der Waals surface area contributed by atoms with Crippen molar-refractivity contribution in [1.29, 1.82) is 0 Å². The minimum atomic E-state index is -0.928. The Morgan fingerprint density at radius 2 is 2.15 bits per heavy atom. The SMILES string of the molecule is O=C(CCCCl)Nc1nc(-c2ccc(F)c(F)c2)cs1. The van der Waals surface area contributed by atoms with Crippen LogP contribution in [0.3, 0.4) is 0 Å². The summed E-state index contributed by atoms with van der Waals surface area (Å²) in [6, 6.07) is 3.55. The van der Waals surface area contributed by atoms with Gasteiger partial charge in [-0.1, -0.05) is 0 Å². The number of amides is 1. The maximum Gasteiger partial charge on any atom is 0.226 e. The number of aromatic nitrogens is 1. The van der Waals surface area contributed by atoms with E-state index < -0.39 is 11.6 Å². The number of thiazole rings is 1. The zero-order valence-electron chi connectivity index (χ0n) is 10.3. The van der Waals surface area contributed by atoms with Crippen molar-refractivity contribution >= 4 is 34.0 Å². The fraction of sp³-hybridized carbons (Fsp3) is 0.231. The molecule has 1 heterocycles. The van der Waals surface area contributed by atoms with Gasteiger partial charge in [0.15, 0.2) is 16.8 Å². The topological polar surface area (TPSA) is 42.0 Å². The van der Waals surface area contributed by atoms with Crippen LogP contribution in [0.2, 0.25) is 0 Å². The van der Waals surface area contributed by atoms with Crippen LogP contribution in [0.15, 0.2) is 23.6 Å². The van der Waals surface area contributed by atoms with Crippen molar-refractivity contribution in [2.24, 2.45) is 0 Å². The van der Waals surface area contributed by atoms with Crippen LogP contribution in [0.4, 0.5) is 13.9 Å². The van der Waals surface area contributed by atoms with Gasteiger partial charge in [-0.15, -0.1) is 22.9 Å². The molecule has 2 aromatic rings. The van der Waals surface area contributed by atoms with Crippen molar-refractivity contribution in [3.05, 3.63) is 35.2 Å².